The van der Waals surface area contributed by atoms with Gasteiger partial charge in [-0.2, -0.15) is 13.2 Å². The highest BCUT2D eigenvalue weighted by atomic mass is 35.5. The largest absolute Gasteiger partial charge is 0.492 e. The SMILES string of the molecule is NC(COc1ccc(Cl)cc1)c1ccc(C(F)(F)F)cc1. The number of alkyl halides is 3. The summed E-state index contributed by atoms with van der Waals surface area (Å²) in [6.45, 7) is 0.160. The fourth-order valence-electron chi connectivity index (χ4n) is 1.73. The van der Waals surface area contributed by atoms with Gasteiger partial charge in [-0.05, 0) is 42.0 Å². The van der Waals surface area contributed by atoms with Crippen LogP contribution in [0.4, 0.5) is 13.2 Å². The van der Waals surface area contributed by atoms with E-state index in [1.807, 2.05) is 0 Å². The molecule has 0 amide bonds. The van der Waals surface area contributed by atoms with E-state index in [1.54, 1.807) is 24.3 Å². The molecule has 2 N–H and O–H groups in total. The van der Waals surface area contributed by atoms with Gasteiger partial charge in [0.15, 0.2) is 0 Å². The van der Waals surface area contributed by atoms with E-state index in [-0.39, 0.29) is 6.61 Å². The van der Waals surface area contributed by atoms with Gasteiger partial charge in [0, 0.05) is 5.02 Å². The Hall–Kier alpha value is -1.72. The lowest BCUT2D eigenvalue weighted by molar-refractivity contribution is -0.137. The minimum absolute atomic E-state index is 0.160. The van der Waals surface area contributed by atoms with Crippen LogP contribution in [0, 0.1) is 0 Å². The average Bonchev–Trinajstić information content (AvgIpc) is 2.45. The lowest BCUT2D eigenvalue weighted by Gasteiger charge is -2.14. The van der Waals surface area contributed by atoms with Crippen molar-refractivity contribution in [2.45, 2.75) is 12.2 Å². The second-order valence-corrected chi connectivity index (χ2v) is 4.93. The fraction of sp³-hybridized carbons (Fsp3) is 0.200. The minimum atomic E-state index is -4.34. The first-order valence-corrected chi connectivity index (χ1v) is 6.55. The van der Waals surface area contributed by atoms with Crippen LogP contribution in [-0.4, -0.2) is 6.61 Å². The molecule has 0 saturated carbocycles. The average molecular weight is 316 g/mol. The standard InChI is InChI=1S/C15H13ClF3NO/c16-12-5-7-13(8-6-12)21-9-14(20)10-1-3-11(4-2-10)15(17,18)19/h1-8,14H,9,20H2. The third-order valence-corrected chi connectivity index (χ3v) is 3.16. The smallest absolute Gasteiger partial charge is 0.416 e. The highest BCUT2D eigenvalue weighted by Crippen LogP contribution is 2.29. The normalized spacial score (nSPS) is 13.0. The summed E-state index contributed by atoms with van der Waals surface area (Å²) in [6, 6.07) is 11.0. The molecule has 0 aliphatic carbocycles. The van der Waals surface area contributed by atoms with Gasteiger partial charge in [-0.25, -0.2) is 0 Å². The van der Waals surface area contributed by atoms with Gasteiger partial charge >= 0.3 is 6.18 Å². The first-order valence-electron chi connectivity index (χ1n) is 6.17. The van der Waals surface area contributed by atoms with E-state index < -0.39 is 17.8 Å². The topological polar surface area (TPSA) is 35.2 Å². The highest BCUT2D eigenvalue weighted by Gasteiger charge is 2.30. The maximum Gasteiger partial charge on any atom is 0.416 e. The predicted molar refractivity (Wildman–Crippen MR) is 75.3 cm³/mol. The van der Waals surface area contributed by atoms with Gasteiger partial charge in [0.25, 0.3) is 0 Å². The zero-order chi connectivity index (χ0) is 15.5. The predicted octanol–water partition coefficient (Wildman–Crippen LogP) is 4.44. The molecule has 0 heterocycles. The van der Waals surface area contributed by atoms with Crippen molar-refractivity contribution in [1.29, 1.82) is 0 Å². The molecule has 2 rings (SSSR count). The summed E-state index contributed by atoms with van der Waals surface area (Å²) in [5.41, 5.74) is 5.78. The molecular formula is C15H13ClF3NO. The molecule has 2 nitrogen and oxygen atoms in total. The summed E-state index contributed by atoms with van der Waals surface area (Å²) >= 11 is 5.75. The van der Waals surface area contributed by atoms with E-state index in [0.29, 0.717) is 16.3 Å². The van der Waals surface area contributed by atoms with Gasteiger partial charge in [0.05, 0.1) is 11.6 Å². The molecule has 1 atom stereocenters. The molecule has 0 radical (unpaired) electrons. The summed E-state index contributed by atoms with van der Waals surface area (Å²) in [6.07, 6.45) is -4.34. The molecule has 0 aliphatic heterocycles. The van der Waals surface area contributed by atoms with Crippen LogP contribution in [0.5, 0.6) is 5.75 Å². The van der Waals surface area contributed by atoms with E-state index in [4.69, 9.17) is 22.1 Å². The third kappa shape index (κ3) is 4.37. The van der Waals surface area contributed by atoms with Crippen LogP contribution in [0.15, 0.2) is 48.5 Å². The van der Waals surface area contributed by atoms with E-state index in [9.17, 15) is 13.2 Å². The zero-order valence-electron chi connectivity index (χ0n) is 10.9. The molecule has 21 heavy (non-hydrogen) atoms. The van der Waals surface area contributed by atoms with Gasteiger partial charge in [0.2, 0.25) is 0 Å². The van der Waals surface area contributed by atoms with Crippen molar-refractivity contribution in [1.82, 2.24) is 0 Å². The van der Waals surface area contributed by atoms with Crippen molar-refractivity contribution in [3.63, 3.8) is 0 Å². The summed E-state index contributed by atoms with van der Waals surface area (Å²) in [7, 11) is 0. The van der Waals surface area contributed by atoms with Crippen LogP contribution < -0.4 is 10.5 Å². The third-order valence-electron chi connectivity index (χ3n) is 2.91. The van der Waals surface area contributed by atoms with Crippen LogP contribution in [-0.2, 0) is 6.18 Å². The molecule has 6 heteroatoms. The lowest BCUT2D eigenvalue weighted by Crippen LogP contribution is -2.19. The Morgan fingerprint density at radius 1 is 1.00 bits per heavy atom. The summed E-state index contributed by atoms with van der Waals surface area (Å²) in [5, 5.41) is 0.592. The van der Waals surface area contributed by atoms with Gasteiger partial charge in [0.1, 0.15) is 12.4 Å². The van der Waals surface area contributed by atoms with E-state index in [1.165, 1.54) is 12.1 Å². The first kappa shape index (κ1) is 15.7. The Kier molecular flexibility index (Phi) is 4.75. The molecular weight excluding hydrogens is 303 g/mol. The van der Waals surface area contributed by atoms with Crippen molar-refractivity contribution < 1.29 is 17.9 Å². The summed E-state index contributed by atoms with van der Waals surface area (Å²) in [4.78, 5) is 0. The van der Waals surface area contributed by atoms with Crippen LogP contribution in [0.1, 0.15) is 17.2 Å². The molecule has 1 unspecified atom stereocenters. The van der Waals surface area contributed by atoms with Crippen LogP contribution in [0.2, 0.25) is 5.02 Å². The van der Waals surface area contributed by atoms with E-state index >= 15 is 0 Å². The van der Waals surface area contributed by atoms with Gasteiger partial charge < -0.3 is 10.5 Å². The molecule has 0 aliphatic rings. The maximum absolute atomic E-state index is 12.5. The Morgan fingerprint density at radius 3 is 2.10 bits per heavy atom. The van der Waals surface area contributed by atoms with Gasteiger partial charge in [-0.1, -0.05) is 23.7 Å². The maximum atomic E-state index is 12.5. The quantitative estimate of drug-likeness (QED) is 0.905. The Morgan fingerprint density at radius 2 is 1.57 bits per heavy atom. The van der Waals surface area contributed by atoms with Crippen molar-refractivity contribution in [3.05, 3.63) is 64.7 Å². The second-order valence-electron chi connectivity index (χ2n) is 4.49. The van der Waals surface area contributed by atoms with Crippen molar-refractivity contribution in [2.24, 2.45) is 5.73 Å². The Labute approximate surface area is 125 Å². The van der Waals surface area contributed by atoms with Crippen LogP contribution >= 0.6 is 11.6 Å². The number of hydrogen-bond donors (Lipinski definition) is 1. The van der Waals surface area contributed by atoms with Crippen molar-refractivity contribution in [2.75, 3.05) is 6.61 Å². The monoisotopic (exact) mass is 315 g/mol. The fourth-order valence-corrected chi connectivity index (χ4v) is 1.86. The van der Waals surface area contributed by atoms with E-state index in [0.717, 1.165) is 12.1 Å². The number of rotatable bonds is 4. The molecule has 0 fully saturated rings. The van der Waals surface area contributed by atoms with Crippen molar-refractivity contribution >= 4 is 11.6 Å². The number of nitrogens with two attached hydrogens (primary N) is 1. The number of halogens is 4. The first-order chi connectivity index (χ1) is 9.86. The summed E-state index contributed by atoms with van der Waals surface area (Å²) in [5.74, 6) is 0.599. The molecule has 0 spiro atoms. The Bertz CT molecular complexity index is 581. The number of benzene rings is 2. The number of hydrogen-bond acceptors (Lipinski definition) is 2. The highest BCUT2D eigenvalue weighted by molar-refractivity contribution is 6.30. The molecule has 0 aromatic heterocycles. The second kappa shape index (κ2) is 6.37. The van der Waals surface area contributed by atoms with Crippen LogP contribution in [0.3, 0.4) is 0 Å². The zero-order valence-corrected chi connectivity index (χ0v) is 11.7. The van der Waals surface area contributed by atoms with Gasteiger partial charge in [-0.15, -0.1) is 0 Å². The van der Waals surface area contributed by atoms with Crippen molar-refractivity contribution in [3.8, 4) is 5.75 Å². The molecule has 0 saturated heterocycles. The van der Waals surface area contributed by atoms with Crippen LogP contribution in [0.25, 0.3) is 0 Å². The molecule has 0 bridgehead atoms. The van der Waals surface area contributed by atoms with E-state index in [2.05, 4.69) is 0 Å². The summed E-state index contributed by atoms with van der Waals surface area (Å²) < 4.78 is 42.8. The Balaban J connectivity index is 1.97. The number of ether oxygens (including phenoxy) is 1. The molecule has 112 valence electrons. The van der Waals surface area contributed by atoms with Gasteiger partial charge in [-0.3, -0.25) is 0 Å². The molecule has 2 aromatic rings. The lowest BCUT2D eigenvalue weighted by atomic mass is 10.1. The molecule has 2 aromatic carbocycles. The minimum Gasteiger partial charge on any atom is -0.492 e.